The van der Waals surface area contributed by atoms with Crippen LogP contribution in [0.4, 0.5) is 5.82 Å². The highest BCUT2D eigenvalue weighted by molar-refractivity contribution is 6.08. The highest BCUT2D eigenvalue weighted by Crippen LogP contribution is 2.34. The van der Waals surface area contributed by atoms with E-state index < -0.39 is 11.9 Å². The number of pyridine rings is 1. The van der Waals surface area contributed by atoms with Gasteiger partial charge in [-0.3, -0.25) is 24.3 Å². The number of aromatic nitrogens is 1. The number of aliphatic imine (C=N–C) groups is 1. The molecule has 2 atom stereocenters. The Morgan fingerprint density at radius 2 is 2.09 bits per heavy atom. The molecule has 10 nitrogen and oxygen atoms in total. The average Bonchev–Trinajstić information content (AvgIpc) is 3.27. The number of hydrogen-bond donors (Lipinski definition) is 1. The largest absolute Gasteiger partial charge is 0.488 e. The number of nitrogens with two attached hydrogens (primary N) is 1. The second-order valence-electron chi connectivity index (χ2n) is 8.63. The van der Waals surface area contributed by atoms with E-state index in [1.165, 1.54) is 11.1 Å². The number of nitrogens with zero attached hydrogens (tertiary/aromatic N) is 5. The lowest BCUT2D eigenvalue weighted by Crippen LogP contribution is -2.43. The second kappa shape index (κ2) is 8.34. The average molecular weight is 450 g/mol. The van der Waals surface area contributed by atoms with Gasteiger partial charge in [-0.25, -0.2) is 4.98 Å². The van der Waals surface area contributed by atoms with Crippen LogP contribution in [-0.2, 0) is 9.59 Å². The quantitative estimate of drug-likeness (QED) is 0.735. The van der Waals surface area contributed by atoms with Gasteiger partial charge in [-0.1, -0.05) is 6.92 Å². The van der Waals surface area contributed by atoms with Gasteiger partial charge in [-0.2, -0.15) is 0 Å². The van der Waals surface area contributed by atoms with Gasteiger partial charge in [0.05, 0.1) is 12.1 Å². The molecule has 0 aliphatic carbocycles. The molecule has 4 aliphatic heterocycles. The first kappa shape index (κ1) is 21.2. The van der Waals surface area contributed by atoms with E-state index >= 15 is 0 Å². The minimum Gasteiger partial charge on any atom is -0.488 e. The van der Waals surface area contributed by atoms with Crippen LogP contribution in [0, 0.1) is 5.92 Å². The van der Waals surface area contributed by atoms with Gasteiger partial charge in [-0.05, 0) is 31.4 Å². The summed E-state index contributed by atoms with van der Waals surface area (Å²) in [4.78, 5) is 51.5. The molecule has 0 spiro atoms. The number of ether oxygens (including phenoxy) is 1. The minimum absolute atomic E-state index is 0.0395. The van der Waals surface area contributed by atoms with E-state index in [4.69, 9.17) is 10.5 Å². The molecule has 0 aromatic carbocycles. The predicted molar refractivity (Wildman–Crippen MR) is 120 cm³/mol. The lowest BCUT2D eigenvalue weighted by Gasteiger charge is -2.33. The third kappa shape index (κ3) is 3.75. The highest BCUT2D eigenvalue weighted by atomic mass is 16.5. The molecule has 0 bridgehead atoms. The van der Waals surface area contributed by atoms with E-state index in [0.717, 1.165) is 18.5 Å². The Bertz CT molecular complexity index is 1110. The molecule has 0 saturated carbocycles. The topological polar surface area (TPSA) is 121 Å². The molecule has 3 amide bonds. The maximum atomic E-state index is 13.0. The lowest BCUT2D eigenvalue weighted by molar-refractivity contribution is -0.129. The molecule has 2 N–H and O–H groups in total. The van der Waals surface area contributed by atoms with E-state index in [-0.39, 0.29) is 17.7 Å². The van der Waals surface area contributed by atoms with E-state index in [0.29, 0.717) is 55.6 Å². The normalized spacial score (nSPS) is 24.4. The van der Waals surface area contributed by atoms with Gasteiger partial charge in [0.2, 0.25) is 11.8 Å². The van der Waals surface area contributed by atoms with Crippen LogP contribution >= 0.6 is 0 Å². The molecule has 10 heteroatoms. The van der Waals surface area contributed by atoms with Crippen molar-refractivity contribution < 1.29 is 19.1 Å². The zero-order valence-electron chi connectivity index (χ0n) is 18.4. The number of primary amides is 1. The maximum Gasteiger partial charge on any atom is 0.256 e. The molecule has 1 fully saturated rings. The summed E-state index contributed by atoms with van der Waals surface area (Å²) in [5, 5.41) is 0. The standard InChI is InChI=1S/C23H26N6O4/c1-14-4-6-25-19-12-16(5-8-29(19)22(14)31)27-9-10-33-18-11-15(13-26-21(18)27)23(32)28-7-2-3-17(28)20(24)30/h5,8,11-14,17H,2-4,6-7,9-10H2,1H3,(H2,24,30). The van der Waals surface area contributed by atoms with Crippen molar-refractivity contribution >= 4 is 29.4 Å². The molecule has 172 valence electrons. The number of amides is 3. The fraction of sp³-hybridized carbons (Fsp3) is 0.435. The Balaban J connectivity index is 1.41. The van der Waals surface area contributed by atoms with Crippen molar-refractivity contribution in [2.24, 2.45) is 16.6 Å². The van der Waals surface area contributed by atoms with Gasteiger partial charge in [0.25, 0.3) is 5.91 Å². The van der Waals surface area contributed by atoms with Gasteiger partial charge < -0.3 is 20.3 Å². The van der Waals surface area contributed by atoms with Gasteiger partial charge in [0.1, 0.15) is 18.5 Å². The summed E-state index contributed by atoms with van der Waals surface area (Å²) in [6, 6.07) is 1.08. The number of amidine groups is 1. The van der Waals surface area contributed by atoms with Crippen molar-refractivity contribution in [1.82, 2.24) is 14.8 Å². The van der Waals surface area contributed by atoms with E-state index in [1.54, 1.807) is 17.2 Å². The van der Waals surface area contributed by atoms with E-state index in [2.05, 4.69) is 9.98 Å². The molecule has 4 aliphatic rings. The zero-order valence-corrected chi connectivity index (χ0v) is 18.4. The fourth-order valence-corrected chi connectivity index (χ4v) is 4.63. The van der Waals surface area contributed by atoms with Crippen LogP contribution < -0.4 is 15.4 Å². The Labute approximate surface area is 191 Å². The monoisotopic (exact) mass is 450 g/mol. The molecule has 5 heterocycles. The lowest BCUT2D eigenvalue weighted by atomic mass is 10.1. The predicted octanol–water partition coefficient (Wildman–Crippen LogP) is 1.05. The molecule has 1 saturated heterocycles. The van der Waals surface area contributed by atoms with Crippen LogP contribution in [0.5, 0.6) is 5.75 Å². The molecule has 33 heavy (non-hydrogen) atoms. The summed E-state index contributed by atoms with van der Waals surface area (Å²) in [5.74, 6) is 0.895. The number of likely N-dealkylation sites (tertiary alicyclic amines) is 1. The van der Waals surface area contributed by atoms with Gasteiger partial charge in [0, 0.05) is 43.2 Å². The Kier molecular flexibility index (Phi) is 5.35. The van der Waals surface area contributed by atoms with Crippen molar-refractivity contribution in [3.63, 3.8) is 0 Å². The summed E-state index contributed by atoms with van der Waals surface area (Å²) < 4.78 is 5.82. The number of fused-ring (bicyclic) bond motifs is 2. The third-order valence-electron chi connectivity index (χ3n) is 6.47. The SMILES string of the molecule is CC1CCN=C2C=C(N3CCOc4cc(C(=O)N5CCCC5C(N)=O)cnc43)C=CN2C1=O. The van der Waals surface area contributed by atoms with Crippen molar-refractivity contribution in [2.45, 2.75) is 32.2 Å². The van der Waals surface area contributed by atoms with Crippen molar-refractivity contribution in [3.05, 3.63) is 41.9 Å². The zero-order chi connectivity index (χ0) is 23.1. The number of allylic oxidation sites excluding steroid dienone is 1. The second-order valence-corrected chi connectivity index (χ2v) is 8.63. The van der Waals surface area contributed by atoms with E-state index in [9.17, 15) is 14.4 Å². The highest BCUT2D eigenvalue weighted by Gasteiger charge is 2.34. The van der Waals surface area contributed by atoms with Crippen LogP contribution in [0.3, 0.4) is 0 Å². The molecule has 0 radical (unpaired) electrons. The minimum atomic E-state index is -0.586. The summed E-state index contributed by atoms with van der Waals surface area (Å²) >= 11 is 0. The third-order valence-corrected chi connectivity index (χ3v) is 6.47. The molecular weight excluding hydrogens is 424 g/mol. The van der Waals surface area contributed by atoms with E-state index in [1.807, 2.05) is 24.0 Å². The van der Waals surface area contributed by atoms with Crippen LogP contribution in [-0.4, -0.2) is 70.6 Å². The summed E-state index contributed by atoms with van der Waals surface area (Å²) in [6.45, 7) is 3.99. The van der Waals surface area contributed by atoms with Crippen LogP contribution in [0.25, 0.3) is 0 Å². The first-order valence-electron chi connectivity index (χ1n) is 11.2. The van der Waals surface area contributed by atoms with Crippen molar-refractivity contribution in [1.29, 1.82) is 0 Å². The molecule has 5 rings (SSSR count). The van der Waals surface area contributed by atoms with Crippen LogP contribution in [0.1, 0.15) is 36.5 Å². The number of anilines is 1. The Hall–Kier alpha value is -3.69. The van der Waals surface area contributed by atoms with Gasteiger partial charge in [0.15, 0.2) is 11.6 Å². The Morgan fingerprint density at radius 1 is 1.24 bits per heavy atom. The summed E-state index contributed by atoms with van der Waals surface area (Å²) in [6.07, 6.45) is 9.05. The smallest absolute Gasteiger partial charge is 0.256 e. The maximum absolute atomic E-state index is 13.0. The van der Waals surface area contributed by atoms with Crippen molar-refractivity contribution in [2.75, 3.05) is 31.1 Å². The van der Waals surface area contributed by atoms with Gasteiger partial charge >= 0.3 is 0 Å². The number of hydrogen-bond acceptors (Lipinski definition) is 7. The first-order chi connectivity index (χ1) is 15.9. The fourth-order valence-electron chi connectivity index (χ4n) is 4.63. The first-order valence-corrected chi connectivity index (χ1v) is 11.2. The Morgan fingerprint density at radius 3 is 2.91 bits per heavy atom. The summed E-state index contributed by atoms with van der Waals surface area (Å²) in [7, 11) is 0. The molecule has 1 aromatic heterocycles. The number of rotatable bonds is 3. The van der Waals surface area contributed by atoms with Gasteiger partial charge in [-0.15, -0.1) is 0 Å². The van der Waals surface area contributed by atoms with Crippen molar-refractivity contribution in [3.8, 4) is 5.75 Å². The number of carbonyl (C=O) groups is 3. The molecule has 1 aromatic rings. The summed E-state index contributed by atoms with van der Waals surface area (Å²) in [5.41, 5.74) is 6.66. The van der Waals surface area contributed by atoms with Crippen LogP contribution in [0.15, 0.2) is 41.3 Å². The van der Waals surface area contributed by atoms with Crippen LogP contribution in [0.2, 0.25) is 0 Å². The molecule has 2 unspecified atom stereocenters. The number of carbonyl (C=O) groups excluding carboxylic acids is 3. The molecular formula is C23H26N6O4.